The molecule has 7 heteroatoms. The van der Waals surface area contributed by atoms with Crippen molar-refractivity contribution in [3.8, 4) is 0 Å². The maximum atomic E-state index is 13.9. The van der Waals surface area contributed by atoms with Crippen LogP contribution in [0.15, 0.2) is 28.7 Å². The summed E-state index contributed by atoms with van der Waals surface area (Å²) in [4.78, 5) is 11.4. The fraction of sp³-hybridized carbons (Fsp3) is 0.611. The van der Waals surface area contributed by atoms with E-state index in [0.29, 0.717) is 5.92 Å². The van der Waals surface area contributed by atoms with E-state index in [1.807, 2.05) is 12.1 Å². The highest BCUT2D eigenvalue weighted by molar-refractivity contribution is 9.10. The van der Waals surface area contributed by atoms with Crippen molar-refractivity contribution < 1.29 is 18.3 Å². The molecule has 2 N–H and O–H groups in total. The first-order valence-corrected chi connectivity index (χ1v) is 9.17. The van der Waals surface area contributed by atoms with Crippen LogP contribution in [0.2, 0.25) is 0 Å². The molecule has 1 saturated carbocycles. The van der Waals surface area contributed by atoms with Gasteiger partial charge in [0.05, 0.1) is 13.1 Å². The van der Waals surface area contributed by atoms with E-state index in [9.17, 15) is 13.6 Å². The predicted octanol–water partition coefficient (Wildman–Crippen LogP) is 4.44. The summed E-state index contributed by atoms with van der Waals surface area (Å²) in [5, 5.41) is 5.01. The number of carbonyl (C=O) groups excluding carboxylic acids is 1. The van der Waals surface area contributed by atoms with Gasteiger partial charge in [-0.1, -0.05) is 28.1 Å². The summed E-state index contributed by atoms with van der Waals surface area (Å²) in [6.07, 6.45) is 0.861. The zero-order valence-corrected chi connectivity index (χ0v) is 16.3. The monoisotopic (exact) mass is 418 g/mol. The molecule has 25 heavy (non-hydrogen) atoms. The van der Waals surface area contributed by atoms with Crippen LogP contribution in [-0.4, -0.2) is 36.7 Å². The second kappa shape index (κ2) is 7.99. The number of rotatable bonds is 6. The van der Waals surface area contributed by atoms with Gasteiger partial charge in [0.15, 0.2) is 0 Å². The first-order valence-electron chi connectivity index (χ1n) is 8.38. The van der Waals surface area contributed by atoms with E-state index >= 15 is 0 Å². The van der Waals surface area contributed by atoms with Gasteiger partial charge >= 0.3 is 6.09 Å². The Hall–Kier alpha value is -1.21. The lowest BCUT2D eigenvalue weighted by Crippen LogP contribution is -2.49. The van der Waals surface area contributed by atoms with Crippen LogP contribution in [0.1, 0.15) is 45.1 Å². The Bertz CT molecular complexity index is 582. The van der Waals surface area contributed by atoms with Crippen molar-refractivity contribution in [1.82, 2.24) is 10.6 Å². The Morgan fingerprint density at radius 1 is 1.20 bits per heavy atom. The molecule has 0 unspecified atom stereocenters. The number of alkyl carbamates (subject to hydrolysis) is 1. The van der Waals surface area contributed by atoms with Crippen LogP contribution in [0.4, 0.5) is 13.6 Å². The minimum atomic E-state index is -3.01. The molecule has 0 atom stereocenters. The number of alkyl halides is 2. The lowest BCUT2D eigenvalue weighted by molar-refractivity contribution is -0.00815. The van der Waals surface area contributed by atoms with Crippen molar-refractivity contribution in [3.05, 3.63) is 34.3 Å². The molecule has 0 spiro atoms. The molecule has 140 valence electrons. The highest BCUT2D eigenvalue weighted by Crippen LogP contribution is 2.37. The van der Waals surface area contributed by atoms with Gasteiger partial charge in [0.25, 0.3) is 5.92 Å². The predicted molar refractivity (Wildman–Crippen MR) is 97.1 cm³/mol. The van der Waals surface area contributed by atoms with Crippen molar-refractivity contribution in [3.63, 3.8) is 0 Å². The number of hydrogen-bond acceptors (Lipinski definition) is 3. The van der Waals surface area contributed by atoms with Crippen LogP contribution in [-0.2, 0) is 4.74 Å². The van der Waals surface area contributed by atoms with Gasteiger partial charge in [-0.2, -0.15) is 0 Å². The van der Waals surface area contributed by atoms with Gasteiger partial charge in [0, 0.05) is 10.5 Å². The quantitative estimate of drug-likeness (QED) is 0.717. The van der Waals surface area contributed by atoms with Gasteiger partial charge in [-0.3, -0.25) is 0 Å². The van der Waals surface area contributed by atoms with Crippen LogP contribution in [0.5, 0.6) is 0 Å². The Kier molecular flexibility index (Phi) is 6.43. The molecule has 1 aliphatic carbocycles. The molecule has 1 amide bonds. The average Bonchev–Trinajstić information content (AvgIpc) is 2.44. The summed E-state index contributed by atoms with van der Waals surface area (Å²) in [7, 11) is 0. The van der Waals surface area contributed by atoms with Crippen LogP contribution < -0.4 is 10.6 Å². The molecule has 4 nitrogen and oxygen atoms in total. The number of halogens is 3. The molecule has 2 rings (SSSR count). The molecule has 0 saturated heterocycles. The number of ether oxygens (including phenoxy) is 1. The van der Waals surface area contributed by atoms with Gasteiger partial charge in [-0.05, 0) is 57.2 Å². The Morgan fingerprint density at radius 2 is 1.80 bits per heavy atom. The largest absolute Gasteiger partial charge is 0.444 e. The summed E-state index contributed by atoms with van der Waals surface area (Å²) in [6, 6.07) is 8.19. The lowest BCUT2D eigenvalue weighted by atomic mass is 9.76. The molecule has 0 bridgehead atoms. The van der Waals surface area contributed by atoms with E-state index in [1.54, 1.807) is 20.8 Å². The van der Waals surface area contributed by atoms with Gasteiger partial charge in [-0.25, -0.2) is 13.6 Å². The van der Waals surface area contributed by atoms with Crippen molar-refractivity contribution in [2.24, 2.45) is 0 Å². The Balaban J connectivity index is 1.67. The maximum Gasteiger partial charge on any atom is 0.407 e. The maximum absolute atomic E-state index is 13.9. The standard InChI is InChI=1S/C18H25BrF2N2O2/c1-17(2,3)25-16(24)23-11-18(20,21)10-22-15-8-13(9-15)12-4-6-14(19)7-5-12/h4-7,13,15,22H,8-11H2,1-3H3,(H,23,24). The smallest absolute Gasteiger partial charge is 0.407 e. The van der Waals surface area contributed by atoms with Gasteiger partial charge < -0.3 is 15.4 Å². The van der Waals surface area contributed by atoms with Crippen molar-refractivity contribution >= 4 is 22.0 Å². The summed E-state index contributed by atoms with van der Waals surface area (Å²) >= 11 is 3.40. The third-order valence-corrected chi connectivity index (χ3v) is 4.55. The summed E-state index contributed by atoms with van der Waals surface area (Å²) < 4.78 is 33.7. The SMILES string of the molecule is CC(C)(C)OC(=O)NCC(F)(F)CNC1CC(c2ccc(Br)cc2)C1. The zero-order chi connectivity index (χ0) is 18.7. The highest BCUT2D eigenvalue weighted by atomic mass is 79.9. The summed E-state index contributed by atoms with van der Waals surface area (Å²) in [6.45, 7) is 3.86. The van der Waals surface area contributed by atoms with Gasteiger partial charge in [-0.15, -0.1) is 0 Å². The fourth-order valence-corrected chi connectivity index (χ4v) is 2.93. The second-order valence-electron chi connectivity index (χ2n) is 7.51. The number of carbonyl (C=O) groups is 1. The van der Waals surface area contributed by atoms with E-state index in [-0.39, 0.29) is 6.04 Å². The van der Waals surface area contributed by atoms with E-state index in [1.165, 1.54) is 5.56 Å². The van der Waals surface area contributed by atoms with Crippen LogP contribution in [0, 0.1) is 0 Å². The fourth-order valence-electron chi connectivity index (χ4n) is 2.66. The second-order valence-corrected chi connectivity index (χ2v) is 8.42. The van der Waals surface area contributed by atoms with Crippen molar-refractivity contribution in [1.29, 1.82) is 0 Å². The molecule has 0 aliphatic heterocycles. The Morgan fingerprint density at radius 3 is 2.36 bits per heavy atom. The molecule has 0 radical (unpaired) electrons. The van der Waals surface area contributed by atoms with Gasteiger partial charge in [0.2, 0.25) is 0 Å². The lowest BCUT2D eigenvalue weighted by Gasteiger charge is -2.37. The molecule has 1 aromatic rings. The normalized spacial score (nSPS) is 20.7. The molecular formula is C18H25BrF2N2O2. The molecule has 1 aliphatic rings. The highest BCUT2D eigenvalue weighted by Gasteiger charge is 2.35. The molecule has 0 heterocycles. The minimum absolute atomic E-state index is 0.0843. The zero-order valence-electron chi connectivity index (χ0n) is 14.7. The number of hydrogen-bond donors (Lipinski definition) is 2. The van der Waals surface area contributed by atoms with E-state index in [2.05, 4.69) is 38.7 Å². The van der Waals surface area contributed by atoms with E-state index < -0.39 is 30.7 Å². The van der Waals surface area contributed by atoms with Crippen LogP contribution in [0.3, 0.4) is 0 Å². The average molecular weight is 419 g/mol. The topological polar surface area (TPSA) is 50.4 Å². The third kappa shape index (κ3) is 6.90. The van der Waals surface area contributed by atoms with Crippen molar-refractivity contribution in [2.45, 2.75) is 57.1 Å². The van der Waals surface area contributed by atoms with Crippen LogP contribution in [0.25, 0.3) is 0 Å². The number of benzene rings is 1. The van der Waals surface area contributed by atoms with E-state index in [0.717, 1.165) is 17.3 Å². The minimum Gasteiger partial charge on any atom is -0.444 e. The van der Waals surface area contributed by atoms with Gasteiger partial charge in [0.1, 0.15) is 5.60 Å². The summed E-state index contributed by atoms with van der Waals surface area (Å²) in [5.74, 6) is -2.60. The number of nitrogens with one attached hydrogen (secondary N) is 2. The molecular weight excluding hydrogens is 394 g/mol. The van der Waals surface area contributed by atoms with Crippen molar-refractivity contribution in [2.75, 3.05) is 13.1 Å². The first kappa shape index (κ1) is 20.1. The first-order chi connectivity index (χ1) is 11.5. The van der Waals surface area contributed by atoms with E-state index in [4.69, 9.17) is 4.74 Å². The number of amides is 1. The molecule has 0 aromatic heterocycles. The third-order valence-electron chi connectivity index (χ3n) is 4.02. The summed E-state index contributed by atoms with van der Waals surface area (Å²) in [5.41, 5.74) is 0.533. The molecule has 1 aromatic carbocycles. The molecule has 1 fully saturated rings. The Labute approximate surface area is 155 Å². The van der Waals surface area contributed by atoms with Crippen LogP contribution >= 0.6 is 15.9 Å².